The minimum absolute atomic E-state index is 0.191. The average Bonchev–Trinajstić information content (AvgIpc) is 2.89. The Kier molecular flexibility index (Phi) is 11.4. The Morgan fingerprint density at radius 3 is 2.31 bits per heavy atom. The van der Waals surface area contributed by atoms with Crippen molar-refractivity contribution in [2.75, 3.05) is 32.7 Å². The molecule has 2 N–H and O–H groups in total. The monoisotopic (exact) mass is 501 g/mol. The number of piperidine rings is 2. The number of primary amides is 1. The summed E-state index contributed by atoms with van der Waals surface area (Å²) >= 11 is 0. The molecule has 200 valence electrons. The quantitative estimate of drug-likeness (QED) is 0.227. The molecule has 0 saturated carbocycles. The minimum Gasteiger partial charge on any atom is -0.426 e. The van der Waals surface area contributed by atoms with Crippen molar-refractivity contribution >= 4 is 17.6 Å². The number of carbonyl (C=O) groups is 2. The van der Waals surface area contributed by atoms with Crippen LogP contribution < -0.4 is 5.73 Å². The maximum absolute atomic E-state index is 13.5. The fourth-order valence-corrected chi connectivity index (χ4v) is 5.44. The lowest BCUT2D eigenvalue weighted by molar-refractivity contribution is -0.137. The number of nitrogens with zero attached hydrogens (tertiary/aromatic N) is 2. The molecule has 0 unspecified atom stereocenters. The Morgan fingerprint density at radius 2 is 1.67 bits per heavy atom. The number of halogens is 1. The lowest BCUT2D eigenvalue weighted by Crippen LogP contribution is -2.63. The molecule has 7 heteroatoms. The molecule has 0 bridgehead atoms. The number of benzene rings is 1. The highest BCUT2D eigenvalue weighted by Crippen LogP contribution is 2.31. The van der Waals surface area contributed by atoms with Crippen LogP contribution in [0.3, 0.4) is 0 Å². The van der Waals surface area contributed by atoms with Gasteiger partial charge in [0.05, 0.1) is 0 Å². The van der Waals surface area contributed by atoms with Crippen molar-refractivity contribution in [2.24, 2.45) is 5.73 Å². The lowest BCUT2D eigenvalue weighted by Gasteiger charge is -2.48. The van der Waals surface area contributed by atoms with Crippen LogP contribution >= 0.6 is 0 Å². The second-order valence-corrected chi connectivity index (χ2v) is 10.3. The fourth-order valence-electron chi connectivity index (χ4n) is 5.44. The van der Waals surface area contributed by atoms with Crippen LogP contribution in [0.15, 0.2) is 30.3 Å². The van der Waals surface area contributed by atoms with Gasteiger partial charge < -0.3 is 15.4 Å². The first-order valence-electron chi connectivity index (χ1n) is 13.9. The SMILES string of the molecule is CCCCCCCC(=O)O/C(=C\CCN1CCC(C(N)=O)(N2CCCCC2)CC1)c1ccc(F)cc1. The summed E-state index contributed by atoms with van der Waals surface area (Å²) in [5.41, 5.74) is 6.10. The Labute approximate surface area is 216 Å². The third-order valence-corrected chi connectivity index (χ3v) is 7.72. The van der Waals surface area contributed by atoms with Gasteiger partial charge in [-0.25, -0.2) is 4.39 Å². The van der Waals surface area contributed by atoms with Gasteiger partial charge in [0.25, 0.3) is 0 Å². The highest BCUT2D eigenvalue weighted by atomic mass is 19.1. The second kappa shape index (κ2) is 14.5. The van der Waals surface area contributed by atoms with E-state index in [-0.39, 0.29) is 17.7 Å². The molecule has 0 radical (unpaired) electrons. The van der Waals surface area contributed by atoms with E-state index < -0.39 is 5.54 Å². The van der Waals surface area contributed by atoms with Gasteiger partial charge in [-0.05, 0) is 82.0 Å². The third kappa shape index (κ3) is 8.13. The van der Waals surface area contributed by atoms with Gasteiger partial charge in [-0.15, -0.1) is 0 Å². The summed E-state index contributed by atoms with van der Waals surface area (Å²) in [5, 5.41) is 0. The van der Waals surface area contributed by atoms with Crippen molar-refractivity contribution in [3.05, 3.63) is 41.7 Å². The van der Waals surface area contributed by atoms with Gasteiger partial charge in [-0.3, -0.25) is 14.5 Å². The van der Waals surface area contributed by atoms with Gasteiger partial charge in [-0.1, -0.05) is 39.0 Å². The van der Waals surface area contributed by atoms with Crippen LogP contribution in [0.25, 0.3) is 5.76 Å². The van der Waals surface area contributed by atoms with Crippen LogP contribution in [0, 0.1) is 5.82 Å². The number of esters is 1. The van der Waals surface area contributed by atoms with Crippen molar-refractivity contribution in [3.8, 4) is 0 Å². The van der Waals surface area contributed by atoms with Crippen molar-refractivity contribution in [2.45, 2.75) is 89.5 Å². The third-order valence-electron chi connectivity index (χ3n) is 7.72. The van der Waals surface area contributed by atoms with E-state index in [9.17, 15) is 14.0 Å². The van der Waals surface area contributed by atoms with E-state index in [0.29, 0.717) is 24.2 Å². The molecule has 1 amide bonds. The molecule has 1 aromatic rings. The summed E-state index contributed by atoms with van der Waals surface area (Å²) in [6, 6.07) is 6.07. The molecule has 3 rings (SSSR count). The highest BCUT2D eigenvalue weighted by molar-refractivity contribution is 5.85. The maximum Gasteiger partial charge on any atom is 0.311 e. The number of likely N-dealkylation sites (tertiary alicyclic amines) is 2. The van der Waals surface area contributed by atoms with Gasteiger partial charge in [0, 0.05) is 31.6 Å². The summed E-state index contributed by atoms with van der Waals surface area (Å²) in [5.74, 6) is -0.261. The summed E-state index contributed by atoms with van der Waals surface area (Å²) < 4.78 is 19.2. The van der Waals surface area contributed by atoms with E-state index >= 15 is 0 Å². The van der Waals surface area contributed by atoms with Crippen LogP contribution in [-0.4, -0.2) is 59.9 Å². The molecule has 36 heavy (non-hydrogen) atoms. The van der Waals surface area contributed by atoms with E-state index in [1.54, 1.807) is 12.1 Å². The average molecular weight is 502 g/mol. The molecule has 0 aromatic heterocycles. The zero-order valence-corrected chi connectivity index (χ0v) is 22.0. The van der Waals surface area contributed by atoms with Crippen molar-refractivity contribution in [1.82, 2.24) is 9.80 Å². The molecular formula is C29H44FN3O3. The number of ether oxygens (including phenoxy) is 1. The van der Waals surface area contributed by atoms with Gasteiger partial charge in [-0.2, -0.15) is 0 Å². The van der Waals surface area contributed by atoms with Crippen molar-refractivity contribution < 1.29 is 18.7 Å². The topological polar surface area (TPSA) is 75.9 Å². The van der Waals surface area contributed by atoms with E-state index in [0.717, 1.165) is 77.7 Å². The van der Waals surface area contributed by atoms with Crippen molar-refractivity contribution in [1.29, 1.82) is 0 Å². The normalized spacial score (nSPS) is 19.2. The number of unbranched alkanes of at least 4 members (excludes halogenated alkanes) is 4. The predicted molar refractivity (Wildman–Crippen MR) is 141 cm³/mol. The Balaban J connectivity index is 1.55. The standard InChI is InChI=1S/C29H44FN3O3/c1-2-3-4-5-7-12-27(34)36-26(24-13-15-25(30)16-14-24)11-10-19-32-22-17-29(18-23-32,28(31)35)33-20-8-6-9-21-33/h11,13-16H,2-10,12,17-23H2,1H3,(H2,31,35)/b26-11-. The number of carbonyl (C=O) groups excluding carboxylic acids is 2. The van der Waals surface area contributed by atoms with Crippen LogP contribution in [-0.2, 0) is 14.3 Å². The Bertz CT molecular complexity index is 857. The number of hydrogen-bond acceptors (Lipinski definition) is 5. The van der Waals surface area contributed by atoms with Crippen LogP contribution in [0.4, 0.5) is 4.39 Å². The van der Waals surface area contributed by atoms with E-state index in [1.807, 2.05) is 6.08 Å². The second-order valence-electron chi connectivity index (χ2n) is 10.3. The molecule has 2 aliphatic rings. The molecule has 2 aliphatic heterocycles. The number of amides is 1. The van der Waals surface area contributed by atoms with Crippen LogP contribution in [0.1, 0.15) is 89.5 Å². The molecule has 0 aliphatic carbocycles. The first-order chi connectivity index (χ1) is 17.4. The molecule has 6 nitrogen and oxygen atoms in total. The molecule has 2 heterocycles. The highest BCUT2D eigenvalue weighted by Gasteiger charge is 2.44. The van der Waals surface area contributed by atoms with Gasteiger partial charge >= 0.3 is 5.97 Å². The van der Waals surface area contributed by atoms with Crippen molar-refractivity contribution in [3.63, 3.8) is 0 Å². The number of nitrogens with two attached hydrogens (primary N) is 1. The summed E-state index contributed by atoms with van der Waals surface area (Å²) in [6.45, 7) is 6.51. The maximum atomic E-state index is 13.5. The first-order valence-corrected chi connectivity index (χ1v) is 13.9. The zero-order chi connectivity index (χ0) is 25.8. The molecule has 2 fully saturated rings. The first kappa shape index (κ1) is 28.3. The smallest absolute Gasteiger partial charge is 0.311 e. The van der Waals surface area contributed by atoms with E-state index in [2.05, 4.69) is 16.7 Å². The van der Waals surface area contributed by atoms with Gasteiger partial charge in [0.15, 0.2) is 0 Å². The van der Waals surface area contributed by atoms with E-state index in [1.165, 1.54) is 31.4 Å². The van der Waals surface area contributed by atoms with Crippen LogP contribution in [0.5, 0.6) is 0 Å². The molecule has 1 aromatic carbocycles. The molecular weight excluding hydrogens is 457 g/mol. The number of rotatable bonds is 13. The Hall–Kier alpha value is -2.25. The predicted octanol–water partition coefficient (Wildman–Crippen LogP) is 5.27. The van der Waals surface area contributed by atoms with Gasteiger partial charge in [0.1, 0.15) is 17.1 Å². The zero-order valence-electron chi connectivity index (χ0n) is 22.0. The molecule has 0 atom stereocenters. The molecule has 2 saturated heterocycles. The largest absolute Gasteiger partial charge is 0.426 e. The summed E-state index contributed by atoms with van der Waals surface area (Å²) in [4.78, 5) is 29.6. The van der Waals surface area contributed by atoms with Gasteiger partial charge in [0.2, 0.25) is 5.91 Å². The Morgan fingerprint density at radius 1 is 1.00 bits per heavy atom. The molecule has 0 spiro atoms. The van der Waals surface area contributed by atoms with E-state index in [4.69, 9.17) is 10.5 Å². The minimum atomic E-state index is -0.515. The fraction of sp³-hybridized carbons (Fsp3) is 0.655. The summed E-state index contributed by atoms with van der Waals surface area (Å²) in [6.07, 6.45) is 13.4. The number of hydrogen-bond donors (Lipinski definition) is 1. The van der Waals surface area contributed by atoms with Crippen LogP contribution in [0.2, 0.25) is 0 Å². The lowest BCUT2D eigenvalue weighted by atomic mass is 9.83. The summed E-state index contributed by atoms with van der Waals surface area (Å²) in [7, 11) is 0.